The SMILES string of the molecule is O=C(O)CCCC(C(=O)O)N1CCN(C(CCCC(=O)O)C(=O)O)CCN(C(CCCC(=O)O)C(=O)O)CCN(C(CCCC(=O)O)C(=O)O)CC1. The summed E-state index contributed by atoms with van der Waals surface area (Å²) in [7, 11) is 0. The molecule has 0 aromatic carbocycles. The molecule has 0 saturated carbocycles. The monoisotopic (exact) mass is 748 g/mol. The van der Waals surface area contributed by atoms with E-state index in [4.69, 9.17) is 20.4 Å². The van der Waals surface area contributed by atoms with Gasteiger partial charge in [0.25, 0.3) is 0 Å². The third kappa shape index (κ3) is 17.7. The molecule has 0 aromatic heterocycles. The first-order valence-corrected chi connectivity index (χ1v) is 17.2. The van der Waals surface area contributed by atoms with Crippen LogP contribution in [0, 0.1) is 0 Å². The molecule has 0 amide bonds. The van der Waals surface area contributed by atoms with Crippen LogP contribution in [0.4, 0.5) is 0 Å². The predicted molar refractivity (Wildman–Crippen MR) is 178 cm³/mol. The fraction of sp³-hybridized carbons (Fsp3) is 0.750. The van der Waals surface area contributed by atoms with Gasteiger partial charge in [-0.2, -0.15) is 0 Å². The number of nitrogens with zero attached hydrogens (tertiary/aromatic N) is 4. The van der Waals surface area contributed by atoms with E-state index in [0.717, 1.165) is 0 Å². The van der Waals surface area contributed by atoms with Crippen LogP contribution in [0.2, 0.25) is 0 Å². The molecule has 296 valence electrons. The molecular formula is C32H52N4O16. The third-order valence-corrected chi connectivity index (χ3v) is 9.07. The number of hydrogen-bond acceptors (Lipinski definition) is 12. The third-order valence-electron chi connectivity index (χ3n) is 9.07. The van der Waals surface area contributed by atoms with Gasteiger partial charge in [-0.05, 0) is 51.4 Å². The first kappa shape index (κ1) is 45.6. The molecule has 1 aliphatic rings. The summed E-state index contributed by atoms with van der Waals surface area (Å²) in [6.07, 6.45) is -1.74. The van der Waals surface area contributed by atoms with Crippen LogP contribution in [-0.2, 0) is 38.4 Å². The Morgan fingerprint density at radius 3 is 0.596 bits per heavy atom. The molecule has 20 nitrogen and oxygen atoms in total. The predicted octanol–water partition coefficient (Wildman–Crippen LogP) is 0.0404. The zero-order chi connectivity index (χ0) is 39.4. The molecule has 1 fully saturated rings. The Kier molecular flexibility index (Phi) is 21.0. The first-order valence-electron chi connectivity index (χ1n) is 17.2. The number of carboxylic acid groups (broad SMARTS) is 8. The summed E-state index contributed by atoms with van der Waals surface area (Å²) >= 11 is 0. The van der Waals surface area contributed by atoms with Crippen molar-refractivity contribution in [2.45, 2.75) is 101 Å². The molecule has 4 atom stereocenters. The zero-order valence-electron chi connectivity index (χ0n) is 29.1. The van der Waals surface area contributed by atoms with Crippen molar-refractivity contribution in [1.82, 2.24) is 19.6 Å². The van der Waals surface area contributed by atoms with E-state index in [1.165, 1.54) is 19.6 Å². The summed E-state index contributed by atoms with van der Waals surface area (Å²) in [4.78, 5) is 101. The topological polar surface area (TPSA) is 311 Å². The van der Waals surface area contributed by atoms with Gasteiger partial charge in [-0.25, -0.2) is 0 Å². The minimum Gasteiger partial charge on any atom is -0.481 e. The molecular weight excluding hydrogens is 696 g/mol. The van der Waals surface area contributed by atoms with Crippen LogP contribution in [0.25, 0.3) is 0 Å². The molecule has 1 heterocycles. The van der Waals surface area contributed by atoms with Gasteiger partial charge in [-0.3, -0.25) is 58.0 Å². The highest BCUT2D eigenvalue weighted by Gasteiger charge is 2.34. The van der Waals surface area contributed by atoms with Crippen LogP contribution >= 0.6 is 0 Å². The summed E-state index contributed by atoms with van der Waals surface area (Å²) in [6, 6.07) is -5.00. The van der Waals surface area contributed by atoms with Crippen LogP contribution in [0.5, 0.6) is 0 Å². The minimum absolute atomic E-state index is 0.0104. The standard InChI is InChI=1S/C32H52N4O16/c37-25(38)9-1-5-21(29(45)46)33-13-15-34(22(30(47)48)6-2-10-26(39)40)17-19-36(24(32(51)52)8-4-12-28(43)44)20-18-35(16-14-33)23(31(49)50)7-3-11-27(41)42/h21-24H,1-20H2,(H,37,38)(H,39,40)(H,41,42)(H,43,44)(H,45,46)(H,47,48)(H,49,50)(H,51,52). The fourth-order valence-corrected chi connectivity index (χ4v) is 6.36. The first-order chi connectivity index (χ1) is 24.4. The van der Waals surface area contributed by atoms with E-state index in [1.807, 2.05) is 0 Å². The summed E-state index contributed by atoms with van der Waals surface area (Å²) < 4.78 is 0. The molecule has 0 radical (unpaired) electrons. The van der Waals surface area contributed by atoms with E-state index in [9.17, 15) is 58.8 Å². The van der Waals surface area contributed by atoms with Gasteiger partial charge in [0, 0.05) is 78.0 Å². The van der Waals surface area contributed by atoms with Crippen molar-refractivity contribution in [3.63, 3.8) is 0 Å². The van der Waals surface area contributed by atoms with Crippen molar-refractivity contribution in [1.29, 1.82) is 0 Å². The quantitative estimate of drug-likeness (QED) is 0.0646. The lowest BCUT2D eigenvalue weighted by atomic mass is 10.0. The Labute approximate surface area is 300 Å². The normalized spacial score (nSPS) is 18.2. The molecule has 0 bridgehead atoms. The van der Waals surface area contributed by atoms with Crippen molar-refractivity contribution in [2.75, 3.05) is 52.4 Å². The smallest absolute Gasteiger partial charge is 0.320 e. The number of rotatable bonds is 24. The maximum absolute atomic E-state index is 12.5. The average molecular weight is 749 g/mol. The molecule has 8 N–H and O–H groups in total. The summed E-state index contributed by atoms with van der Waals surface area (Å²) in [5, 5.41) is 77.2. The lowest BCUT2D eigenvalue weighted by Crippen LogP contribution is -2.56. The maximum Gasteiger partial charge on any atom is 0.320 e. The summed E-state index contributed by atoms with van der Waals surface area (Å²) in [5.74, 6) is -9.73. The molecule has 1 rings (SSSR count). The Morgan fingerprint density at radius 1 is 0.327 bits per heavy atom. The van der Waals surface area contributed by atoms with Crippen LogP contribution < -0.4 is 0 Å². The lowest BCUT2D eigenvalue weighted by Gasteiger charge is -2.40. The average Bonchev–Trinajstić information content (AvgIpc) is 3.02. The van der Waals surface area contributed by atoms with Crippen molar-refractivity contribution in [3.8, 4) is 0 Å². The molecule has 0 aliphatic carbocycles. The Bertz CT molecular complexity index is 1030. The molecule has 4 unspecified atom stereocenters. The second kappa shape index (κ2) is 24.0. The van der Waals surface area contributed by atoms with Crippen molar-refractivity contribution in [3.05, 3.63) is 0 Å². The molecule has 0 spiro atoms. The van der Waals surface area contributed by atoms with E-state index in [1.54, 1.807) is 0 Å². The number of hydrogen-bond donors (Lipinski definition) is 8. The number of aliphatic carboxylic acids is 8. The van der Waals surface area contributed by atoms with Gasteiger partial charge in [-0.1, -0.05) is 0 Å². The zero-order valence-corrected chi connectivity index (χ0v) is 29.1. The van der Waals surface area contributed by atoms with Crippen molar-refractivity contribution in [2.24, 2.45) is 0 Å². The highest BCUT2D eigenvalue weighted by molar-refractivity contribution is 5.75. The van der Waals surface area contributed by atoms with E-state index < -0.39 is 71.9 Å². The minimum atomic E-state index is -1.29. The second-order valence-electron chi connectivity index (χ2n) is 12.7. The highest BCUT2D eigenvalue weighted by atomic mass is 16.4. The molecule has 1 saturated heterocycles. The van der Waals surface area contributed by atoms with Crippen LogP contribution in [0.3, 0.4) is 0 Å². The van der Waals surface area contributed by atoms with Crippen molar-refractivity contribution < 1.29 is 79.2 Å². The van der Waals surface area contributed by atoms with Crippen LogP contribution in [0.15, 0.2) is 0 Å². The molecule has 20 heteroatoms. The van der Waals surface area contributed by atoms with Gasteiger partial charge in [0.1, 0.15) is 24.2 Å². The Morgan fingerprint density at radius 2 is 0.481 bits per heavy atom. The van der Waals surface area contributed by atoms with E-state index >= 15 is 0 Å². The van der Waals surface area contributed by atoms with E-state index in [0.29, 0.717) is 0 Å². The van der Waals surface area contributed by atoms with Gasteiger partial charge in [0.05, 0.1) is 0 Å². The number of carbonyl (C=O) groups is 8. The van der Waals surface area contributed by atoms with Crippen molar-refractivity contribution >= 4 is 47.8 Å². The Hall–Kier alpha value is -4.40. The van der Waals surface area contributed by atoms with Gasteiger partial charge in [0.15, 0.2) is 0 Å². The highest BCUT2D eigenvalue weighted by Crippen LogP contribution is 2.19. The molecule has 1 aliphatic heterocycles. The second-order valence-corrected chi connectivity index (χ2v) is 12.7. The lowest BCUT2D eigenvalue weighted by molar-refractivity contribution is -0.148. The Balaban J connectivity index is 3.68. The fourth-order valence-electron chi connectivity index (χ4n) is 6.36. The van der Waals surface area contributed by atoms with Gasteiger partial charge >= 0.3 is 47.8 Å². The largest absolute Gasteiger partial charge is 0.481 e. The maximum atomic E-state index is 12.5. The summed E-state index contributed by atoms with van der Waals surface area (Å²) in [6.45, 7) is -0.791. The van der Waals surface area contributed by atoms with Crippen LogP contribution in [0.1, 0.15) is 77.0 Å². The molecule has 0 aromatic rings. The van der Waals surface area contributed by atoms with Gasteiger partial charge in [0.2, 0.25) is 0 Å². The molecule has 52 heavy (non-hydrogen) atoms. The van der Waals surface area contributed by atoms with Gasteiger partial charge < -0.3 is 40.9 Å². The van der Waals surface area contributed by atoms with Crippen LogP contribution in [-0.4, -0.2) is 185 Å². The number of carboxylic acids is 8. The van der Waals surface area contributed by atoms with E-state index in [2.05, 4.69) is 0 Å². The van der Waals surface area contributed by atoms with Gasteiger partial charge in [-0.15, -0.1) is 0 Å². The van der Waals surface area contributed by atoms with E-state index in [-0.39, 0.29) is 129 Å². The summed E-state index contributed by atoms with van der Waals surface area (Å²) in [5.41, 5.74) is 0.